The van der Waals surface area contributed by atoms with Gasteiger partial charge in [-0.3, -0.25) is 0 Å². The van der Waals surface area contributed by atoms with Crippen LogP contribution in [0.15, 0.2) is 43.9 Å². The minimum atomic E-state index is 0.425. The molecule has 0 aliphatic heterocycles. The Morgan fingerprint density at radius 1 is 1.10 bits per heavy atom. The third-order valence-corrected chi connectivity index (χ3v) is 7.33. The number of nitrogens with zero attached hydrogens (tertiary/aromatic N) is 3. The summed E-state index contributed by atoms with van der Waals surface area (Å²) in [4.78, 5) is 11.6. The van der Waals surface area contributed by atoms with E-state index in [0.29, 0.717) is 12.0 Å². The second kappa shape index (κ2) is 9.66. The zero-order valence-corrected chi connectivity index (χ0v) is 20.5. The molecule has 1 aliphatic rings. The number of rotatable bonds is 7. The maximum absolute atomic E-state index is 5.62. The normalized spacial score (nSPS) is 19.2. The van der Waals surface area contributed by atoms with E-state index < -0.39 is 0 Å². The second-order valence-corrected chi connectivity index (χ2v) is 9.68. The van der Waals surface area contributed by atoms with Gasteiger partial charge in [0.25, 0.3) is 0 Å². The van der Waals surface area contributed by atoms with Gasteiger partial charge >= 0.3 is 0 Å². The molecule has 160 valence electrons. The van der Waals surface area contributed by atoms with Crippen LogP contribution >= 0.6 is 31.9 Å². The van der Waals surface area contributed by atoms with Crippen LogP contribution in [-0.4, -0.2) is 36.6 Å². The number of hydrogen-bond acceptors (Lipinski definition) is 6. The minimum absolute atomic E-state index is 0.425. The lowest BCUT2D eigenvalue weighted by atomic mass is 9.86. The average molecular weight is 537 g/mol. The van der Waals surface area contributed by atoms with Gasteiger partial charge in [-0.15, -0.1) is 0 Å². The van der Waals surface area contributed by atoms with Crippen molar-refractivity contribution in [2.24, 2.45) is 5.92 Å². The summed E-state index contributed by atoms with van der Waals surface area (Å²) >= 11 is 6.84. The maximum Gasteiger partial charge on any atom is 0.225 e. The van der Waals surface area contributed by atoms with Gasteiger partial charge < -0.3 is 20.0 Å². The summed E-state index contributed by atoms with van der Waals surface area (Å²) in [5, 5.41) is 8.20. The van der Waals surface area contributed by atoms with Gasteiger partial charge in [-0.1, -0.05) is 12.1 Å². The van der Waals surface area contributed by atoms with Gasteiger partial charge in [0, 0.05) is 25.5 Å². The van der Waals surface area contributed by atoms with Crippen molar-refractivity contribution < 1.29 is 4.42 Å². The van der Waals surface area contributed by atoms with E-state index in [4.69, 9.17) is 14.4 Å². The van der Waals surface area contributed by atoms with Crippen LogP contribution in [-0.2, 0) is 6.54 Å². The zero-order chi connectivity index (χ0) is 21.1. The van der Waals surface area contributed by atoms with Crippen LogP contribution < -0.4 is 15.5 Å². The van der Waals surface area contributed by atoms with Gasteiger partial charge in [0.1, 0.15) is 11.6 Å². The van der Waals surface area contributed by atoms with Crippen molar-refractivity contribution in [1.29, 1.82) is 0 Å². The first-order valence-corrected chi connectivity index (χ1v) is 11.9. The number of fused-ring (bicyclic) bond motifs is 1. The molecule has 0 atom stereocenters. The van der Waals surface area contributed by atoms with Crippen LogP contribution in [0.3, 0.4) is 0 Å². The highest BCUT2D eigenvalue weighted by molar-refractivity contribution is 9.13. The Morgan fingerprint density at radius 3 is 2.57 bits per heavy atom. The summed E-state index contributed by atoms with van der Waals surface area (Å²) < 4.78 is 7.33. The summed E-state index contributed by atoms with van der Waals surface area (Å²) in [6, 6.07) is 10.6. The van der Waals surface area contributed by atoms with Crippen LogP contribution in [0.1, 0.15) is 31.4 Å². The van der Waals surface area contributed by atoms with E-state index in [1.165, 1.54) is 12.8 Å². The Hall–Kier alpha value is -1.64. The van der Waals surface area contributed by atoms with Crippen molar-refractivity contribution in [3.63, 3.8) is 0 Å². The van der Waals surface area contributed by atoms with E-state index in [9.17, 15) is 0 Å². The molecule has 0 unspecified atom stereocenters. The molecule has 30 heavy (non-hydrogen) atoms. The first-order chi connectivity index (χ1) is 14.5. The fourth-order valence-electron chi connectivity index (χ4n) is 4.04. The van der Waals surface area contributed by atoms with Gasteiger partial charge in [-0.25, -0.2) is 4.98 Å². The van der Waals surface area contributed by atoms with Crippen LogP contribution in [0.5, 0.6) is 0 Å². The second-order valence-electron chi connectivity index (χ2n) is 8.11. The summed E-state index contributed by atoms with van der Waals surface area (Å²) in [5.41, 5.74) is 0.979. The van der Waals surface area contributed by atoms with Crippen molar-refractivity contribution in [1.82, 2.24) is 15.3 Å². The number of benzene rings is 1. The molecule has 2 aromatic heterocycles. The van der Waals surface area contributed by atoms with Crippen LogP contribution in [0, 0.1) is 5.92 Å². The summed E-state index contributed by atoms with van der Waals surface area (Å²) in [6.45, 7) is 1.76. The Morgan fingerprint density at radius 2 is 1.87 bits per heavy atom. The molecule has 3 aromatic rings. The molecule has 8 heteroatoms. The quantitative estimate of drug-likeness (QED) is 0.411. The van der Waals surface area contributed by atoms with Crippen molar-refractivity contribution in [3.8, 4) is 0 Å². The smallest absolute Gasteiger partial charge is 0.225 e. The van der Waals surface area contributed by atoms with E-state index in [1.807, 2.05) is 43.3 Å². The molecule has 4 rings (SSSR count). The lowest BCUT2D eigenvalue weighted by Gasteiger charge is -2.29. The van der Waals surface area contributed by atoms with Crippen molar-refractivity contribution in [2.45, 2.75) is 38.3 Å². The monoisotopic (exact) mass is 535 g/mol. The molecule has 2 heterocycles. The molecule has 0 radical (unpaired) electrons. The predicted molar refractivity (Wildman–Crippen MR) is 129 cm³/mol. The fraction of sp³-hybridized carbons (Fsp3) is 0.455. The fourth-order valence-corrected chi connectivity index (χ4v) is 4.70. The van der Waals surface area contributed by atoms with E-state index in [2.05, 4.69) is 48.6 Å². The lowest BCUT2D eigenvalue weighted by molar-refractivity contribution is 0.319. The molecule has 0 bridgehead atoms. The number of furan rings is 1. The van der Waals surface area contributed by atoms with Gasteiger partial charge in [0.2, 0.25) is 5.95 Å². The van der Waals surface area contributed by atoms with Crippen molar-refractivity contribution >= 4 is 54.5 Å². The SMILES string of the molecule is CN(C)c1nc(NC2CCC(CNCc3cc(Br)c(Br)o3)CC2)nc2ccccc12. The Kier molecular flexibility index (Phi) is 6.95. The molecule has 0 amide bonds. The van der Waals surface area contributed by atoms with Gasteiger partial charge in [-0.05, 0) is 88.2 Å². The van der Waals surface area contributed by atoms with E-state index in [1.54, 1.807) is 0 Å². The van der Waals surface area contributed by atoms with E-state index in [-0.39, 0.29) is 0 Å². The number of hydrogen-bond donors (Lipinski definition) is 2. The molecule has 2 N–H and O–H groups in total. The topological polar surface area (TPSA) is 66.2 Å². The molecular weight excluding hydrogens is 510 g/mol. The van der Waals surface area contributed by atoms with Gasteiger partial charge in [0.15, 0.2) is 4.67 Å². The lowest BCUT2D eigenvalue weighted by Crippen LogP contribution is -2.31. The Balaban J connectivity index is 1.29. The number of aromatic nitrogens is 2. The van der Waals surface area contributed by atoms with E-state index >= 15 is 0 Å². The molecule has 1 fully saturated rings. The molecule has 1 saturated carbocycles. The van der Waals surface area contributed by atoms with Crippen molar-refractivity contribution in [3.05, 3.63) is 45.2 Å². The van der Waals surface area contributed by atoms with Crippen LogP contribution in [0.25, 0.3) is 10.9 Å². The standard InChI is InChI=1S/C22H27Br2N5O/c1-29(2)21-17-5-3-4-6-19(17)27-22(28-21)26-15-9-7-14(8-10-15)12-25-13-16-11-18(23)20(24)30-16/h3-6,11,14-15,25H,7-10,12-13H2,1-2H3,(H,26,27,28). The highest BCUT2D eigenvalue weighted by atomic mass is 79.9. The largest absolute Gasteiger partial charge is 0.452 e. The van der Waals surface area contributed by atoms with Crippen LogP contribution in [0.4, 0.5) is 11.8 Å². The van der Waals surface area contributed by atoms with Gasteiger partial charge in [0.05, 0.1) is 16.5 Å². The summed E-state index contributed by atoms with van der Waals surface area (Å²) in [7, 11) is 4.05. The summed E-state index contributed by atoms with van der Waals surface area (Å²) in [5.74, 6) is 3.32. The first kappa shape index (κ1) is 21.6. The minimum Gasteiger partial charge on any atom is -0.452 e. The Labute approximate surface area is 194 Å². The van der Waals surface area contributed by atoms with Crippen LogP contribution in [0.2, 0.25) is 0 Å². The highest BCUT2D eigenvalue weighted by Gasteiger charge is 2.22. The number of para-hydroxylation sites is 1. The average Bonchev–Trinajstić information content (AvgIpc) is 3.06. The Bertz CT molecular complexity index is 979. The third-order valence-electron chi connectivity index (χ3n) is 5.62. The molecule has 1 aromatic carbocycles. The molecule has 0 spiro atoms. The molecule has 0 saturated heterocycles. The number of anilines is 2. The molecule has 6 nitrogen and oxygen atoms in total. The third kappa shape index (κ3) is 5.15. The zero-order valence-electron chi connectivity index (χ0n) is 17.3. The summed E-state index contributed by atoms with van der Waals surface area (Å²) in [6.07, 6.45) is 4.67. The predicted octanol–water partition coefficient (Wildman–Crippen LogP) is 5.57. The van der Waals surface area contributed by atoms with Gasteiger partial charge in [-0.2, -0.15) is 4.98 Å². The highest BCUT2D eigenvalue weighted by Crippen LogP contribution is 2.29. The van der Waals surface area contributed by atoms with Crippen molar-refractivity contribution in [2.75, 3.05) is 30.9 Å². The number of halogens is 2. The number of nitrogens with one attached hydrogen (secondary N) is 2. The maximum atomic E-state index is 5.62. The van der Waals surface area contributed by atoms with E-state index in [0.717, 1.165) is 63.5 Å². The molecular formula is C22H27Br2N5O. The first-order valence-electron chi connectivity index (χ1n) is 10.3. The molecule has 1 aliphatic carbocycles.